The van der Waals surface area contributed by atoms with Crippen LogP contribution < -0.4 is 10.6 Å². The molecule has 1 atom stereocenters. The van der Waals surface area contributed by atoms with Gasteiger partial charge in [-0.1, -0.05) is 0 Å². The van der Waals surface area contributed by atoms with Gasteiger partial charge >= 0.3 is 0 Å². The Hall–Kier alpha value is -1.40. The number of aliphatic hydroxyl groups is 1. The Labute approximate surface area is 94.6 Å². The van der Waals surface area contributed by atoms with Crippen molar-refractivity contribution in [1.82, 2.24) is 20.4 Å². The van der Waals surface area contributed by atoms with E-state index >= 15 is 0 Å². The third-order valence-corrected chi connectivity index (χ3v) is 2.27. The highest BCUT2D eigenvalue weighted by atomic mass is 16.3. The fourth-order valence-corrected chi connectivity index (χ4v) is 1.30. The van der Waals surface area contributed by atoms with Gasteiger partial charge in [0.15, 0.2) is 0 Å². The first kappa shape index (κ1) is 12.7. The maximum absolute atomic E-state index is 11.2. The molecule has 1 unspecified atom stereocenters. The van der Waals surface area contributed by atoms with Gasteiger partial charge in [0.2, 0.25) is 5.91 Å². The van der Waals surface area contributed by atoms with Crippen LogP contribution in [-0.2, 0) is 17.9 Å². The maximum Gasteiger partial charge on any atom is 0.236 e. The number of carbonyl (C=O) groups excluding carboxylic acids is 1. The Morgan fingerprint density at radius 3 is 3.06 bits per heavy atom. The normalized spacial score (nSPS) is 12.4. The lowest BCUT2D eigenvalue weighted by Crippen LogP contribution is -2.40. The highest BCUT2D eigenvalue weighted by molar-refractivity contribution is 5.80. The molecule has 0 aliphatic carbocycles. The van der Waals surface area contributed by atoms with Gasteiger partial charge in [-0.15, -0.1) is 0 Å². The summed E-state index contributed by atoms with van der Waals surface area (Å²) >= 11 is 0. The number of aromatic nitrogens is 2. The number of hydrogen-bond donors (Lipinski definition) is 3. The Balaban J connectivity index is 2.39. The summed E-state index contributed by atoms with van der Waals surface area (Å²) < 4.78 is 1.67. The molecule has 1 heterocycles. The van der Waals surface area contributed by atoms with E-state index in [0.717, 1.165) is 5.56 Å². The van der Waals surface area contributed by atoms with Crippen LogP contribution in [0, 0.1) is 0 Å². The van der Waals surface area contributed by atoms with Crippen molar-refractivity contribution in [2.45, 2.75) is 26.1 Å². The van der Waals surface area contributed by atoms with Crippen LogP contribution in [0.25, 0.3) is 0 Å². The molecule has 6 heteroatoms. The number of hydrogen-bond acceptors (Lipinski definition) is 4. The molecule has 0 aromatic carbocycles. The molecule has 0 spiro atoms. The SMILES string of the molecule is CNC(=O)C(C)NCc1cnn(CCO)c1. The minimum atomic E-state index is -0.230. The summed E-state index contributed by atoms with van der Waals surface area (Å²) in [5.41, 5.74) is 0.990. The van der Waals surface area contributed by atoms with E-state index in [0.29, 0.717) is 13.1 Å². The standard InChI is InChI=1S/C10H18N4O2/c1-8(10(16)11-2)12-5-9-6-13-14(7-9)3-4-15/h6-8,12,15H,3-5H2,1-2H3,(H,11,16). The van der Waals surface area contributed by atoms with Gasteiger partial charge in [0.05, 0.1) is 25.4 Å². The molecule has 0 bridgehead atoms. The van der Waals surface area contributed by atoms with Gasteiger partial charge < -0.3 is 15.7 Å². The average Bonchev–Trinajstić information content (AvgIpc) is 2.73. The van der Waals surface area contributed by atoms with Crippen molar-refractivity contribution in [3.05, 3.63) is 18.0 Å². The molecule has 0 aliphatic heterocycles. The number of aliphatic hydroxyl groups excluding tert-OH is 1. The van der Waals surface area contributed by atoms with Crippen LogP contribution in [0.3, 0.4) is 0 Å². The van der Waals surface area contributed by atoms with Gasteiger partial charge in [-0.3, -0.25) is 9.48 Å². The molecule has 0 saturated carbocycles. The van der Waals surface area contributed by atoms with Crippen LogP contribution in [0.4, 0.5) is 0 Å². The van der Waals surface area contributed by atoms with Crippen molar-refractivity contribution in [3.63, 3.8) is 0 Å². The summed E-state index contributed by atoms with van der Waals surface area (Å²) in [6, 6.07) is -0.230. The average molecular weight is 226 g/mol. The van der Waals surface area contributed by atoms with Crippen molar-refractivity contribution >= 4 is 5.91 Å². The second-order valence-corrected chi connectivity index (χ2v) is 3.55. The summed E-state index contributed by atoms with van der Waals surface area (Å²) in [5, 5.41) is 18.4. The van der Waals surface area contributed by atoms with Gasteiger partial charge in [-0.25, -0.2) is 0 Å². The van der Waals surface area contributed by atoms with Crippen LogP contribution in [0.1, 0.15) is 12.5 Å². The van der Waals surface area contributed by atoms with E-state index in [1.54, 1.807) is 24.9 Å². The second-order valence-electron chi connectivity index (χ2n) is 3.55. The molecule has 1 aromatic rings. The van der Waals surface area contributed by atoms with Crippen LogP contribution in [-0.4, -0.2) is 40.5 Å². The van der Waals surface area contributed by atoms with E-state index in [4.69, 9.17) is 5.11 Å². The molecular weight excluding hydrogens is 208 g/mol. The first-order valence-corrected chi connectivity index (χ1v) is 5.24. The number of amides is 1. The highest BCUT2D eigenvalue weighted by Crippen LogP contribution is 1.97. The number of nitrogens with zero attached hydrogens (tertiary/aromatic N) is 2. The summed E-state index contributed by atoms with van der Waals surface area (Å²) in [5.74, 6) is -0.0391. The lowest BCUT2D eigenvalue weighted by Gasteiger charge is -2.10. The zero-order valence-corrected chi connectivity index (χ0v) is 9.60. The molecule has 1 aromatic heterocycles. The molecule has 6 nitrogen and oxygen atoms in total. The number of rotatable bonds is 6. The van der Waals surface area contributed by atoms with Gasteiger partial charge in [0.1, 0.15) is 0 Å². The summed E-state index contributed by atoms with van der Waals surface area (Å²) in [4.78, 5) is 11.2. The largest absolute Gasteiger partial charge is 0.394 e. The predicted octanol–water partition coefficient (Wildman–Crippen LogP) is -0.900. The highest BCUT2D eigenvalue weighted by Gasteiger charge is 2.09. The van der Waals surface area contributed by atoms with Crippen molar-refractivity contribution in [1.29, 1.82) is 0 Å². The fourth-order valence-electron chi connectivity index (χ4n) is 1.30. The summed E-state index contributed by atoms with van der Waals surface area (Å²) in [7, 11) is 1.61. The quantitative estimate of drug-likeness (QED) is 0.587. The Bertz CT molecular complexity index is 337. The van der Waals surface area contributed by atoms with E-state index < -0.39 is 0 Å². The lowest BCUT2D eigenvalue weighted by molar-refractivity contribution is -0.122. The number of nitrogens with one attached hydrogen (secondary N) is 2. The Morgan fingerprint density at radius 2 is 2.44 bits per heavy atom. The molecule has 3 N–H and O–H groups in total. The van der Waals surface area contributed by atoms with Gasteiger partial charge in [-0.05, 0) is 6.92 Å². The van der Waals surface area contributed by atoms with Crippen LogP contribution in [0.15, 0.2) is 12.4 Å². The molecule has 0 fully saturated rings. The molecule has 16 heavy (non-hydrogen) atoms. The first-order chi connectivity index (χ1) is 7.67. The van der Waals surface area contributed by atoms with Gasteiger partial charge in [0, 0.05) is 25.4 Å². The van der Waals surface area contributed by atoms with Crippen LogP contribution in [0.2, 0.25) is 0 Å². The van der Waals surface area contributed by atoms with E-state index in [-0.39, 0.29) is 18.6 Å². The smallest absolute Gasteiger partial charge is 0.236 e. The lowest BCUT2D eigenvalue weighted by atomic mass is 10.3. The van der Waals surface area contributed by atoms with Crippen LogP contribution >= 0.6 is 0 Å². The molecule has 0 radical (unpaired) electrons. The minimum absolute atomic E-state index is 0.0391. The van der Waals surface area contributed by atoms with Crippen molar-refractivity contribution in [3.8, 4) is 0 Å². The van der Waals surface area contributed by atoms with Crippen molar-refractivity contribution in [2.24, 2.45) is 0 Å². The fraction of sp³-hybridized carbons (Fsp3) is 0.600. The summed E-state index contributed by atoms with van der Waals surface area (Å²) in [6.45, 7) is 2.95. The molecule has 1 rings (SSSR count). The van der Waals surface area contributed by atoms with E-state index in [1.807, 2.05) is 6.20 Å². The van der Waals surface area contributed by atoms with Gasteiger partial charge in [0.25, 0.3) is 0 Å². The van der Waals surface area contributed by atoms with Crippen molar-refractivity contribution in [2.75, 3.05) is 13.7 Å². The number of likely N-dealkylation sites (N-methyl/N-ethyl adjacent to an activating group) is 1. The first-order valence-electron chi connectivity index (χ1n) is 5.24. The molecule has 0 saturated heterocycles. The van der Waals surface area contributed by atoms with E-state index in [2.05, 4.69) is 15.7 Å². The Kier molecular flexibility index (Phi) is 4.94. The topological polar surface area (TPSA) is 79.2 Å². The predicted molar refractivity (Wildman–Crippen MR) is 59.7 cm³/mol. The second kappa shape index (κ2) is 6.24. The monoisotopic (exact) mass is 226 g/mol. The summed E-state index contributed by atoms with van der Waals surface area (Å²) in [6.07, 6.45) is 3.57. The number of carbonyl (C=O) groups is 1. The molecule has 0 aliphatic rings. The molecular formula is C10H18N4O2. The molecule has 1 amide bonds. The zero-order valence-electron chi connectivity index (χ0n) is 9.60. The minimum Gasteiger partial charge on any atom is -0.394 e. The third kappa shape index (κ3) is 3.63. The maximum atomic E-state index is 11.2. The van der Waals surface area contributed by atoms with Crippen LogP contribution in [0.5, 0.6) is 0 Å². The van der Waals surface area contributed by atoms with Gasteiger partial charge in [-0.2, -0.15) is 5.10 Å². The van der Waals surface area contributed by atoms with Crippen molar-refractivity contribution < 1.29 is 9.90 Å². The zero-order chi connectivity index (χ0) is 12.0. The Morgan fingerprint density at radius 1 is 1.69 bits per heavy atom. The van der Waals surface area contributed by atoms with E-state index in [1.165, 1.54) is 0 Å². The third-order valence-electron chi connectivity index (χ3n) is 2.27. The molecule has 90 valence electrons. The van der Waals surface area contributed by atoms with E-state index in [9.17, 15) is 4.79 Å².